The van der Waals surface area contributed by atoms with E-state index in [9.17, 15) is 0 Å². The van der Waals surface area contributed by atoms with Crippen molar-refractivity contribution in [1.82, 2.24) is 9.88 Å². The van der Waals surface area contributed by atoms with Crippen LogP contribution in [0.25, 0.3) is 0 Å². The molecule has 3 heteroatoms. The average molecular weight is 296 g/mol. The van der Waals surface area contributed by atoms with E-state index in [1.807, 2.05) is 12.3 Å². The first kappa shape index (κ1) is 15.2. The lowest BCUT2D eigenvalue weighted by atomic mass is 9.89. The largest absolute Gasteiger partial charge is 0.373 e. The van der Waals surface area contributed by atoms with Gasteiger partial charge in [0.1, 0.15) is 0 Å². The van der Waals surface area contributed by atoms with E-state index in [4.69, 9.17) is 4.74 Å². The third-order valence-corrected chi connectivity index (χ3v) is 4.39. The van der Waals surface area contributed by atoms with E-state index in [1.165, 1.54) is 5.56 Å². The second kappa shape index (κ2) is 7.52. The quantitative estimate of drug-likeness (QED) is 0.847. The fourth-order valence-electron chi connectivity index (χ4n) is 3.21. The van der Waals surface area contributed by atoms with Crippen LogP contribution in [-0.4, -0.2) is 36.1 Å². The highest BCUT2D eigenvalue weighted by atomic mass is 16.5. The molecule has 0 bridgehead atoms. The molecular weight excluding hydrogens is 272 g/mol. The Hall–Kier alpha value is -1.71. The summed E-state index contributed by atoms with van der Waals surface area (Å²) in [4.78, 5) is 6.57. The monoisotopic (exact) mass is 296 g/mol. The molecule has 2 aromatic rings. The van der Waals surface area contributed by atoms with Gasteiger partial charge in [0.25, 0.3) is 0 Å². The Labute approximate surface area is 132 Å². The van der Waals surface area contributed by atoms with Gasteiger partial charge in [0.2, 0.25) is 0 Å². The SMILES string of the molecule is CN1CC[C@H](OCc2cccnc2)[C@@H](Cc2ccccc2)C1. The molecule has 0 unspecified atom stereocenters. The minimum absolute atomic E-state index is 0.330. The normalized spacial score (nSPS) is 22.6. The van der Waals surface area contributed by atoms with Crippen LogP contribution in [0.2, 0.25) is 0 Å². The second-order valence-electron chi connectivity index (χ2n) is 6.21. The number of hydrogen-bond acceptors (Lipinski definition) is 3. The van der Waals surface area contributed by atoms with Crippen LogP contribution in [0.5, 0.6) is 0 Å². The zero-order valence-corrected chi connectivity index (χ0v) is 13.2. The Bertz CT molecular complexity index is 558. The van der Waals surface area contributed by atoms with Crippen LogP contribution in [0.4, 0.5) is 0 Å². The molecule has 0 spiro atoms. The molecular formula is C19H24N2O. The van der Waals surface area contributed by atoms with Gasteiger partial charge < -0.3 is 9.64 Å². The summed E-state index contributed by atoms with van der Waals surface area (Å²) in [5.74, 6) is 0.554. The molecule has 3 rings (SSSR count). The van der Waals surface area contributed by atoms with E-state index < -0.39 is 0 Å². The molecule has 2 heterocycles. The van der Waals surface area contributed by atoms with Crippen molar-refractivity contribution in [2.45, 2.75) is 25.6 Å². The lowest BCUT2D eigenvalue weighted by molar-refractivity contribution is -0.0374. The molecule has 1 fully saturated rings. The highest BCUT2D eigenvalue weighted by molar-refractivity contribution is 5.16. The number of pyridine rings is 1. The van der Waals surface area contributed by atoms with E-state index in [1.54, 1.807) is 6.20 Å². The number of nitrogens with zero attached hydrogens (tertiary/aromatic N) is 2. The highest BCUT2D eigenvalue weighted by Crippen LogP contribution is 2.24. The first-order valence-corrected chi connectivity index (χ1v) is 8.04. The lowest BCUT2D eigenvalue weighted by Crippen LogP contribution is -2.43. The Morgan fingerprint density at radius 1 is 1.14 bits per heavy atom. The first-order chi connectivity index (χ1) is 10.8. The highest BCUT2D eigenvalue weighted by Gasteiger charge is 2.28. The molecule has 0 N–H and O–H groups in total. The van der Waals surface area contributed by atoms with E-state index >= 15 is 0 Å². The fourth-order valence-corrected chi connectivity index (χ4v) is 3.21. The number of ether oxygens (including phenoxy) is 1. The van der Waals surface area contributed by atoms with Crippen molar-refractivity contribution in [3.8, 4) is 0 Å². The maximum atomic E-state index is 6.24. The van der Waals surface area contributed by atoms with Crippen molar-refractivity contribution in [2.24, 2.45) is 5.92 Å². The van der Waals surface area contributed by atoms with E-state index in [0.717, 1.165) is 31.5 Å². The summed E-state index contributed by atoms with van der Waals surface area (Å²) < 4.78 is 6.24. The minimum Gasteiger partial charge on any atom is -0.373 e. The summed E-state index contributed by atoms with van der Waals surface area (Å²) in [6.07, 6.45) is 6.21. The van der Waals surface area contributed by atoms with Gasteiger partial charge in [-0.3, -0.25) is 4.98 Å². The van der Waals surface area contributed by atoms with E-state index in [-0.39, 0.29) is 0 Å². The van der Waals surface area contributed by atoms with E-state index in [2.05, 4.69) is 53.3 Å². The Balaban J connectivity index is 1.62. The molecule has 0 aliphatic carbocycles. The average Bonchev–Trinajstić information content (AvgIpc) is 2.56. The molecule has 1 saturated heterocycles. The van der Waals surface area contributed by atoms with Crippen molar-refractivity contribution in [2.75, 3.05) is 20.1 Å². The number of piperidine rings is 1. The number of aromatic nitrogens is 1. The van der Waals surface area contributed by atoms with Crippen LogP contribution in [0.15, 0.2) is 54.9 Å². The van der Waals surface area contributed by atoms with Crippen LogP contribution in [0.1, 0.15) is 17.5 Å². The number of rotatable bonds is 5. The van der Waals surface area contributed by atoms with Gasteiger partial charge in [0, 0.05) is 31.4 Å². The molecule has 1 aromatic heterocycles. The van der Waals surface area contributed by atoms with Crippen molar-refractivity contribution >= 4 is 0 Å². The van der Waals surface area contributed by atoms with Gasteiger partial charge in [0.15, 0.2) is 0 Å². The lowest BCUT2D eigenvalue weighted by Gasteiger charge is -2.36. The van der Waals surface area contributed by atoms with Crippen molar-refractivity contribution in [3.63, 3.8) is 0 Å². The fraction of sp³-hybridized carbons (Fsp3) is 0.421. The zero-order chi connectivity index (χ0) is 15.2. The van der Waals surface area contributed by atoms with Gasteiger partial charge in [-0.25, -0.2) is 0 Å². The van der Waals surface area contributed by atoms with Crippen LogP contribution < -0.4 is 0 Å². The minimum atomic E-state index is 0.330. The van der Waals surface area contributed by atoms with Gasteiger partial charge in [0.05, 0.1) is 12.7 Å². The van der Waals surface area contributed by atoms with Crippen molar-refractivity contribution < 1.29 is 4.74 Å². The van der Waals surface area contributed by atoms with Crippen molar-refractivity contribution in [3.05, 3.63) is 66.0 Å². The second-order valence-corrected chi connectivity index (χ2v) is 6.21. The molecule has 1 aliphatic heterocycles. The summed E-state index contributed by atoms with van der Waals surface area (Å²) in [5.41, 5.74) is 2.55. The summed E-state index contributed by atoms with van der Waals surface area (Å²) in [6, 6.07) is 14.8. The van der Waals surface area contributed by atoms with Gasteiger partial charge >= 0.3 is 0 Å². The predicted molar refractivity (Wildman–Crippen MR) is 88.6 cm³/mol. The molecule has 1 aliphatic rings. The topological polar surface area (TPSA) is 25.4 Å². The summed E-state index contributed by atoms with van der Waals surface area (Å²) >= 11 is 0. The third kappa shape index (κ3) is 4.15. The first-order valence-electron chi connectivity index (χ1n) is 8.04. The molecule has 0 saturated carbocycles. The standard InChI is InChI=1S/C19H24N2O/c1-21-11-9-19(22-15-17-8-5-10-20-13-17)18(14-21)12-16-6-3-2-4-7-16/h2-8,10,13,18-19H,9,11-12,14-15H2,1H3/t18-,19-/m0/s1. The number of benzene rings is 1. The summed E-state index contributed by atoms with van der Waals surface area (Å²) in [5, 5.41) is 0. The molecule has 0 amide bonds. The van der Waals surface area contributed by atoms with Crippen LogP contribution in [0, 0.1) is 5.92 Å². The Morgan fingerprint density at radius 3 is 2.73 bits per heavy atom. The summed E-state index contributed by atoms with van der Waals surface area (Å²) in [7, 11) is 2.20. The molecule has 116 valence electrons. The Kier molecular flexibility index (Phi) is 5.20. The van der Waals surface area contributed by atoms with Crippen molar-refractivity contribution in [1.29, 1.82) is 0 Å². The van der Waals surface area contributed by atoms with Crippen LogP contribution >= 0.6 is 0 Å². The molecule has 3 nitrogen and oxygen atoms in total. The zero-order valence-electron chi connectivity index (χ0n) is 13.2. The van der Waals surface area contributed by atoms with Crippen LogP contribution in [-0.2, 0) is 17.8 Å². The third-order valence-electron chi connectivity index (χ3n) is 4.39. The van der Waals surface area contributed by atoms with Crippen LogP contribution in [0.3, 0.4) is 0 Å². The predicted octanol–water partition coefficient (Wildman–Crippen LogP) is 3.16. The summed E-state index contributed by atoms with van der Waals surface area (Å²) in [6.45, 7) is 2.88. The molecule has 2 atom stereocenters. The molecule has 22 heavy (non-hydrogen) atoms. The van der Waals surface area contributed by atoms with Gasteiger partial charge in [-0.15, -0.1) is 0 Å². The Morgan fingerprint density at radius 2 is 1.95 bits per heavy atom. The van der Waals surface area contributed by atoms with E-state index in [0.29, 0.717) is 18.6 Å². The van der Waals surface area contributed by atoms with Gasteiger partial charge in [-0.05, 0) is 37.1 Å². The maximum absolute atomic E-state index is 6.24. The van der Waals surface area contributed by atoms with Gasteiger partial charge in [-0.2, -0.15) is 0 Å². The number of likely N-dealkylation sites (tertiary alicyclic amines) is 1. The molecule has 1 aromatic carbocycles. The number of hydrogen-bond donors (Lipinski definition) is 0. The molecule has 0 radical (unpaired) electrons. The smallest absolute Gasteiger partial charge is 0.0735 e. The van der Waals surface area contributed by atoms with Gasteiger partial charge in [-0.1, -0.05) is 36.4 Å². The maximum Gasteiger partial charge on any atom is 0.0735 e.